The summed E-state index contributed by atoms with van der Waals surface area (Å²) in [6, 6.07) is 0.606. The van der Waals surface area contributed by atoms with Crippen LogP contribution in [0.5, 0.6) is 5.75 Å². The zero-order valence-electron chi connectivity index (χ0n) is 7.72. The molecule has 0 aliphatic heterocycles. The lowest BCUT2D eigenvalue weighted by atomic mass is 10.0. The first-order chi connectivity index (χ1) is 6.49. The standard InChI is InChI=1S/C9H12F2N2O/c1-4-2-5(6(13)3-12)9(14)8(11)7(4)10/h2,6,14H,3,12-13H2,1H3/t6-/m1/s1. The van der Waals surface area contributed by atoms with Crippen molar-refractivity contribution in [3.63, 3.8) is 0 Å². The normalized spacial score (nSPS) is 12.9. The fourth-order valence-electron chi connectivity index (χ4n) is 1.18. The zero-order valence-corrected chi connectivity index (χ0v) is 7.72. The van der Waals surface area contributed by atoms with Crippen molar-refractivity contribution < 1.29 is 13.9 Å². The minimum atomic E-state index is -1.27. The van der Waals surface area contributed by atoms with Gasteiger partial charge in [0.25, 0.3) is 0 Å². The molecule has 0 radical (unpaired) electrons. The average Bonchev–Trinajstić information content (AvgIpc) is 2.19. The number of phenols is 1. The molecule has 5 N–H and O–H groups in total. The quantitative estimate of drug-likeness (QED) is 0.668. The van der Waals surface area contributed by atoms with E-state index in [1.807, 2.05) is 0 Å². The summed E-state index contributed by atoms with van der Waals surface area (Å²) in [5, 5.41) is 9.25. The van der Waals surface area contributed by atoms with Gasteiger partial charge in [0.15, 0.2) is 11.6 Å². The van der Waals surface area contributed by atoms with E-state index < -0.39 is 23.4 Å². The van der Waals surface area contributed by atoms with Crippen molar-refractivity contribution in [3.05, 3.63) is 28.8 Å². The second-order valence-electron chi connectivity index (χ2n) is 3.10. The molecule has 0 saturated heterocycles. The van der Waals surface area contributed by atoms with Crippen LogP contribution >= 0.6 is 0 Å². The second kappa shape index (κ2) is 3.89. The minimum absolute atomic E-state index is 0.0536. The highest BCUT2D eigenvalue weighted by Crippen LogP contribution is 2.29. The molecule has 5 heteroatoms. The fraction of sp³-hybridized carbons (Fsp3) is 0.333. The number of aromatic hydroxyl groups is 1. The summed E-state index contributed by atoms with van der Waals surface area (Å²) in [7, 11) is 0. The highest BCUT2D eigenvalue weighted by molar-refractivity contribution is 5.40. The van der Waals surface area contributed by atoms with E-state index in [9.17, 15) is 13.9 Å². The maximum atomic E-state index is 13.0. The van der Waals surface area contributed by atoms with Crippen molar-refractivity contribution >= 4 is 0 Å². The van der Waals surface area contributed by atoms with E-state index in [2.05, 4.69) is 0 Å². The highest BCUT2D eigenvalue weighted by Gasteiger charge is 2.18. The lowest BCUT2D eigenvalue weighted by molar-refractivity contribution is 0.395. The molecule has 1 aromatic rings. The molecule has 1 rings (SSSR count). The smallest absolute Gasteiger partial charge is 0.200 e. The van der Waals surface area contributed by atoms with Gasteiger partial charge in [0, 0.05) is 18.2 Å². The first-order valence-electron chi connectivity index (χ1n) is 4.12. The minimum Gasteiger partial charge on any atom is -0.505 e. The SMILES string of the molecule is Cc1cc([C@H](N)CN)c(O)c(F)c1F. The second-order valence-corrected chi connectivity index (χ2v) is 3.10. The molecule has 0 aliphatic rings. The van der Waals surface area contributed by atoms with Crippen LogP contribution in [0.1, 0.15) is 17.2 Å². The van der Waals surface area contributed by atoms with E-state index in [4.69, 9.17) is 11.5 Å². The Hall–Kier alpha value is -1.20. The van der Waals surface area contributed by atoms with Gasteiger partial charge >= 0.3 is 0 Å². The van der Waals surface area contributed by atoms with Gasteiger partial charge in [-0.05, 0) is 18.6 Å². The van der Waals surface area contributed by atoms with E-state index in [0.29, 0.717) is 0 Å². The third kappa shape index (κ3) is 1.69. The molecule has 1 atom stereocenters. The van der Waals surface area contributed by atoms with Gasteiger partial charge in [0.1, 0.15) is 0 Å². The predicted octanol–water partition coefficient (Wildman–Crippen LogP) is 0.937. The van der Waals surface area contributed by atoms with Crippen LogP contribution in [-0.2, 0) is 0 Å². The van der Waals surface area contributed by atoms with Crippen LogP contribution in [0.25, 0.3) is 0 Å². The molecule has 0 spiro atoms. The van der Waals surface area contributed by atoms with Gasteiger partial charge in [-0.3, -0.25) is 0 Å². The third-order valence-corrected chi connectivity index (χ3v) is 2.05. The average molecular weight is 202 g/mol. The molecule has 0 heterocycles. The molecule has 0 unspecified atom stereocenters. The largest absolute Gasteiger partial charge is 0.505 e. The molecular formula is C9H12F2N2O. The Morgan fingerprint density at radius 2 is 2.00 bits per heavy atom. The zero-order chi connectivity index (χ0) is 10.9. The molecule has 0 bridgehead atoms. The molecule has 0 amide bonds. The molecular weight excluding hydrogens is 190 g/mol. The number of phenolic OH excluding ortho intramolecular Hbond substituents is 1. The van der Waals surface area contributed by atoms with E-state index in [1.165, 1.54) is 13.0 Å². The first-order valence-corrected chi connectivity index (χ1v) is 4.12. The Kier molecular flexibility index (Phi) is 3.03. The fourth-order valence-corrected chi connectivity index (χ4v) is 1.18. The number of rotatable bonds is 2. The molecule has 0 fully saturated rings. The maximum Gasteiger partial charge on any atom is 0.200 e. The Balaban J connectivity index is 3.33. The van der Waals surface area contributed by atoms with Gasteiger partial charge in [-0.2, -0.15) is 4.39 Å². The summed E-state index contributed by atoms with van der Waals surface area (Å²) in [6.07, 6.45) is 0. The van der Waals surface area contributed by atoms with Crippen molar-refractivity contribution in [1.82, 2.24) is 0 Å². The lowest BCUT2D eigenvalue weighted by Gasteiger charge is -2.13. The first kappa shape index (κ1) is 10.9. The predicted molar refractivity (Wildman–Crippen MR) is 48.7 cm³/mol. The van der Waals surface area contributed by atoms with Crippen molar-refractivity contribution in [2.45, 2.75) is 13.0 Å². The monoisotopic (exact) mass is 202 g/mol. The van der Waals surface area contributed by atoms with E-state index in [-0.39, 0.29) is 17.7 Å². The number of hydrogen-bond donors (Lipinski definition) is 3. The lowest BCUT2D eigenvalue weighted by Crippen LogP contribution is -2.21. The van der Waals surface area contributed by atoms with E-state index >= 15 is 0 Å². The van der Waals surface area contributed by atoms with Gasteiger partial charge in [0.2, 0.25) is 5.82 Å². The molecule has 78 valence electrons. The topological polar surface area (TPSA) is 72.3 Å². The molecule has 14 heavy (non-hydrogen) atoms. The van der Waals surface area contributed by atoms with Crippen molar-refractivity contribution in [3.8, 4) is 5.75 Å². The summed E-state index contributed by atoms with van der Waals surface area (Å²) in [5.74, 6) is -3.09. The summed E-state index contributed by atoms with van der Waals surface area (Å²) in [6.45, 7) is 1.45. The van der Waals surface area contributed by atoms with Gasteiger partial charge < -0.3 is 16.6 Å². The third-order valence-electron chi connectivity index (χ3n) is 2.05. The van der Waals surface area contributed by atoms with Crippen LogP contribution in [0.2, 0.25) is 0 Å². The van der Waals surface area contributed by atoms with Crippen LogP contribution in [0.3, 0.4) is 0 Å². The number of hydrogen-bond acceptors (Lipinski definition) is 3. The van der Waals surface area contributed by atoms with Gasteiger partial charge in [-0.1, -0.05) is 0 Å². The molecule has 0 aliphatic carbocycles. The summed E-state index contributed by atoms with van der Waals surface area (Å²) in [4.78, 5) is 0. The summed E-state index contributed by atoms with van der Waals surface area (Å²) < 4.78 is 26.0. The van der Waals surface area contributed by atoms with Crippen LogP contribution in [0.4, 0.5) is 8.78 Å². The Labute approximate surface area is 80.3 Å². The van der Waals surface area contributed by atoms with Crippen molar-refractivity contribution in [2.75, 3.05) is 6.54 Å². The van der Waals surface area contributed by atoms with Gasteiger partial charge in [-0.25, -0.2) is 4.39 Å². The maximum absolute atomic E-state index is 13.0. The van der Waals surface area contributed by atoms with E-state index in [1.54, 1.807) is 0 Å². The van der Waals surface area contributed by atoms with Crippen molar-refractivity contribution in [1.29, 1.82) is 0 Å². The van der Waals surface area contributed by atoms with Crippen molar-refractivity contribution in [2.24, 2.45) is 11.5 Å². The van der Waals surface area contributed by atoms with Crippen LogP contribution in [-0.4, -0.2) is 11.7 Å². The number of nitrogens with two attached hydrogens (primary N) is 2. The van der Waals surface area contributed by atoms with Crippen LogP contribution < -0.4 is 11.5 Å². The van der Waals surface area contributed by atoms with Crippen LogP contribution in [0.15, 0.2) is 6.07 Å². The summed E-state index contributed by atoms with van der Waals surface area (Å²) >= 11 is 0. The van der Waals surface area contributed by atoms with Gasteiger partial charge in [0.05, 0.1) is 0 Å². The number of aryl methyl sites for hydroxylation is 1. The molecule has 3 nitrogen and oxygen atoms in total. The highest BCUT2D eigenvalue weighted by atomic mass is 19.2. The summed E-state index contributed by atoms with van der Waals surface area (Å²) in [5.41, 5.74) is 11.0. The Morgan fingerprint density at radius 1 is 1.43 bits per heavy atom. The Bertz CT molecular complexity index is 355. The van der Waals surface area contributed by atoms with Gasteiger partial charge in [-0.15, -0.1) is 0 Å². The number of benzene rings is 1. The van der Waals surface area contributed by atoms with E-state index in [0.717, 1.165) is 0 Å². The molecule has 0 aromatic heterocycles. The molecule has 0 saturated carbocycles. The molecule has 1 aromatic carbocycles. The number of halogens is 2. The Morgan fingerprint density at radius 3 is 2.50 bits per heavy atom. The van der Waals surface area contributed by atoms with Crippen LogP contribution in [0, 0.1) is 18.6 Å².